The molecule has 0 saturated heterocycles. The van der Waals surface area contributed by atoms with Crippen LogP contribution in [0.15, 0.2) is 149 Å². The van der Waals surface area contributed by atoms with Gasteiger partial charge in [-0.1, -0.05) is 111 Å². The molecule has 0 saturated carbocycles. The van der Waals surface area contributed by atoms with Gasteiger partial charge in [0.05, 0.1) is 36.7 Å². The summed E-state index contributed by atoms with van der Waals surface area (Å²) in [5.41, 5.74) is 15.9. The molecule has 5 aromatic rings. The van der Waals surface area contributed by atoms with E-state index in [1.807, 2.05) is 44.2 Å². The Kier molecular flexibility index (Phi) is 37.2. The zero-order chi connectivity index (χ0) is 87.7. The number of nitrogens with two attached hydrogens (primary N) is 2. The van der Waals surface area contributed by atoms with Crippen molar-refractivity contribution in [3.05, 3.63) is 183 Å². The second-order valence-electron chi connectivity index (χ2n) is 30.7. The number of unbranched alkanes of at least 4 members (excludes halogenated alkanes) is 1. The number of carboxylic acid groups (broad SMARTS) is 3. The number of hydrogen-bond acceptors (Lipinski definition) is 19. The molecular weight excluding hydrogens is 1590 g/mol. The summed E-state index contributed by atoms with van der Waals surface area (Å²) in [6, 6.07) is 32.9. The number of primary amides is 1. The number of benzene rings is 6. The van der Waals surface area contributed by atoms with Crippen LogP contribution in [0.25, 0.3) is 33.4 Å². The van der Waals surface area contributed by atoms with Crippen LogP contribution in [0.1, 0.15) is 147 Å². The van der Waals surface area contributed by atoms with Gasteiger partial charge >= 0.3 is 17.9 Å². The minimum absolute atomic E-state index is 0.00412. The second-order valence-corrected chi connectivity index (χ2v) is 32.3. The average Bonchev–Trinajstić information content (AvgIpc) is 0.747. The van der Waals surface area contributed by atoms with Gasteiger partial charge < -0.3 is 87.8 Å². The second kappa shape index (κ2) is 47.6. The van der Waals surface area contributed by atoms with Gasteiger partial charge in [-0.2, -0.15) is 11.8 Å². The Hall–Kier alpha value is -12.1. The molecule has 14 N–H and O–H groups in total. The average molecular weight is 1700 g/mol. The number of aromatic hydroxyl groups is 1. The highest BCUT2D eigenvalue weighted by Crippen LogP contribution is 2.42. The van der Waals surface area contributed by atoms with E-state index in [1.165, 1.54) is 51.9 Å². The third kappa shape index (κ3) is 31.5. The van der Waals surface area contributed by atoms with Crippen LogP contribution in [0.3, 0.4) is 0 Å². The third-order valence-corrected chi connectivity index (χ3v) is 21.6. The summed E-state index contributed by atoms with van der Waals surface area (Å²) in [5.74, 6) is -9.94. The lowest BCUT2D eigenvalue weighted by Gasteiger charge is -2.32. The number of phenols is 1. The first-order chi connectivity index (χ1) is 57.9. The van der Waals surface area contributed by atoms with Gasteiger partial charge in [0, 0.05) is 148 Å². The summed E-state index contributed by atoms with van der Waals surface area (Å²) in [5, 5.41) is 58.8. The van der Waals surface area contributed by atoms with Crippen LogP contribution in [-0.2, 0) is 77.8 Å². The van der Waals surface area contributed by atoms with Crippen LogP contribution in [0.4, 0.5) is 0 Å². The fourth-order valence-corrected chi connectivity index (χ4v) is 15.4. The van der Waals surface area contributed by atoms with Crippen LogP contribution in [0, 0.1) is 5.92 Å². The maximum atomic E-state index is 14.8. The van der Waals surface area contributed by atoms with Crippen molar-refractivity contribution in [1.29, 1.82) is 0 Å². The molecule has 5 atom stereocenters. The number of nitrogens with zero attached hydrogens (tertiary/aromatic N) is 4. The first kappa shape index (κ1) is 94.4. The summed E-state index contributed by atoms with van der Waals surface area (Å²) in [6.07, 6.45) is -0.354. The van der Waals surface area contributed by atoms with Crippen LogP contribution in [-0.4, -0.2) is 223 Å². The maximum Gasteiger partial charge on any atom is 0.336 e. The van der Waals surface area contributed by atoms with Crippen molar-refractivity contribution in [3.63, 3.8) is 0 Å². The number of rotatable bonds is 30. The quantitative estimate of drug-likeness (QED) is 0.00979. The predicted molar refractivity (Wildman–Crippen MR) is 460 cm³/mol. The Labute approximate surface area is 711 Å². The lowest BCUT2D eigenvalue weighted by atomic mass is 9.89. The number of fused-ring (bicyclic) bond motifs is 31. The number of thiocarbonyl (C=S) groups is 1. The maximum absolute atomic E-state index is 14.8. The molecule has 0 unspecified atom stereocenters. The van der Waals surface area contributed by atoms with Gasteiger partial charge in [-0.3, -0.25) is 62.3 Å². The molecule has 1 aliphatic carbocycles. The van der Waals surface area contributed by atoms with E-state index in [2.05, 4.69) is 31.9 Å². The molecule has 33 heteroatoms. The Morgan fingerprint density at radius 3 is 1.77 bits per heavy atom. The van der Waals surface area contributed by atoms with Crippen molar-refractivity contribution < 1.29 is 87.2 Å². The number of phenolic OH excluding ortho intramolecular Hbond substituents is 1. The first-order valence-electron chi connectivity index (χ1n) is 40.5. The van der Waals surface area contributed by atoms with E-state index in [-0.39, 0.29) is 136 Å². The number of thioether (sulfide) groups is 1. The molecule has 0 aromatic heterocycles. The first-order valence-corrected chi connectivity index (χ1v) is 42.0. The molecule has 5 aromatic carbocycles. The Morgan fingerprint density at radius 1 is 0.620 bits per heavy atom. The fraction of sp³-hybridized carbons (Fsp3) is 0.420. The van der Waals surface area contributed by atoms with Crippen molar-refractivity contribution in [1.82, 2.24) is 51.5 Å². The number of carbonyl (C=O) groups excluding carboxylic acids is 10. The lowest BCUT2D eigenvalue weighted by Crippen LogP contribution is -2.55. The van der Waals surface area contributed by atoms with Crippen LogP contribution in [0.2, 0.25) is 0 Å². The highest BCUT2D eigenvalue weighted by atomic mass is 32.2. The molecule has 4 aliphatic rings. The number of aliphatic carboxylic acids is 2. The largest absolute Gasteiger partial charge is 0.508 e. The van der Waals surface area contributed by atoms with E-state index in [9.17, 15) is 87.5 Å². The van der Waals surface area contributed by atoms with E-state index >= 15 is 0 Å². The highest BCUT2D eigenvalue weighted by molar-refractivity contribution is 7.98. The molecule has 121 heavy (non-hydrogen) atoms. The van der Waals surface area contributed by atoms with Gasteiger partial charge in [0.2, 0.25) is 53.2 Å². The van der Waals surface area contributed by atoms with E-state index in [0.29, 0.717) is 64.1 Å². The van der Waals surface area contributed by atoms with Crippen molar-refractivity contribution in [2.75, 3.05) is 71.2 Å². The molecule has 0 spiro atoms. The van der Waals surface area contributed by atoms with Gasteiger partial charge in [0.15, 0.2) is 5.43 Å². The third-order valence-electron chi connectivity index (χ3n) is 20.2. The molecule has 9 rings (SSSR count). The van der Waals surface area contributed by atoms with Crippen molar-refractivity contribution >= 4 is 117 Å². The van der Waals surface area contributed by atoms with Crippen LogP contribution in [0.5, 0.6) is 5.75 Å². The van der Waals surface area contributed by atoms with Crippen LogP contribution >= 0.6 is 24.0 Å². The van der Waals surface area contributed by atoms with E-state index in [1.54, 1.807) is 85.8 Å². The minimum atomic E-state index is -1.29. The number of hydrogen-bond donors (Lipinski definition) is 12. The summed E-state index contributed by atoms with van der Waals surface area (Å²) < 4.78 is 5.96. The summed E-state index contributed by atoms with van der Waals surface area (Å²) in [6.45, 7) is 2.14. The number of carboxylic acids is 3. The zero-order valence-electron chi connectivity index (χ0n) is 68.2. The molecule has 0 fully saturated rings. The van der Waals surface area contributed by atoms with Crippen molar-refractivity contribution in [2.24, 2.45) is 17.4 Å². The summed E-state index contributed by atoms with van der Waals surface area (Å²) >= 11 is 7.02. The SMILES string of the molecule is CC(C)C[C@H]1CN(C(=O)CCc2ccccc2)CC(=O)N[C@@H](CCC(=O)O)CN(C(=O)CCc2ccccc2)CC(=O)N[C@@H](CCC(=O)O)CN(CC(=O)N[C@@H](CCCCNC(=S)Cc2ccc(-c3c4ccc(=O)cc-4oc4cc(O)ccc34)c(C(=O)O)c2)C(N)=O)C(=O)CCSCc2ccc(cc2)C(=O)N[C@@H](C)CN(C(=O)CCCN)CC(=O)N1. The number of carbonyl (C=O) groups is 13. The summed E-state index contributed by atoms with van der Waals surface area (Å²) in [4.78, 5) is 198. The van der Waals surface area contributed by atoms with E-state index in [4.69, 9.17) is 28.1 Å². The molecule has 2 bridgehead atoms. The van der Waals surface area contributed by atoms with Gasteiger partial charge in [-0.05, 0) is 147 Å². The number of aryl methyl sites for hydroxylation is 2. The van der Waals surface area contributed by atoms with Crippen molar-refractivity contribution in [3.8, 4) is 28.2 Å². The molecular formula is C88H108N12O19S2. The molecule has 0 radical (unpaired) electrons. The molecule has 10 amide bonds. The lowest BCUT2D eigenvalue weighted by molar-refractivity contribution is -0.139. The zero-order valence-corrected chi connectivity index (χ0v) is 69.8. The minimum Gasteiger partial charge on any atom is -0.508 e. The number of aromatic carboxylic acids is 1. The molecule has 31 nitrogen and oxygen atoms in total. The topological polar surface area (TPSA) is 470 Å². The van der Waals surface area contributed by atoms with Gasteiger partial charge in [-0.15, -0.1) is 0 Å². The highest BCUT2D eigenvalue weighted by Gasteiger charge is 2.33. The van der Waals surface area contributed by atoms with Gasteiger partial charge in [0.1, 0.15) is 23.1 Å². The Balaban J connectivity index is 1.03. The fourth-order valence-electron chi connectivity index (χ4n) is 14.3. The Bertz CT molecular complexity index is 4820. The Morgan fingerprint density at radius 2 is 1.19 bits per heavy atom. The monoisotopic (exact) mass is 1700 g/mol. The number of nitrogens with one attached hydrogen (secondary N) is 6. The molecule has 3 aliphatic heterocycles. The summed E-state index contributed by atoms with van der Waals surface area (Å²) in [7, 11) is 0. The van der Waals surface area contributed by atoms with Crippen LogP contribution < -0.4 is 48.8 Å². The smallest absolute Gasteiger partial charge is 0.336 e. The molecule has 646 valence electrons. The predicted octanol–water partition coefficient (Wildman–Crippen LogP) is 6.57. The van der Waals surface area contributed by atoms with Gasteiger partial charge in [-0.25, -0.2) is 4.79 Å². The molecule has 3 heterocycles. The van der Waals surface area contributed by atoms with E-state index in [0.717, 1.165) is 26.5 Å². The van der Waals surface area contributed by atoms with E-state index < -0.39 is 159 Å². The van der Waals surface area contributed by atoms with Gasteiger partial charge in [0.25, 0.3) is 5.91 Å². The normalized spacial score (nSPS) is 17.0. The standard InChI is InChI=1S/C88H108N12O19S2/c1-55(2)41-64-49-100(81(109)34-23-58-15-8-5-9-16-58)52-75(104)93-62(26-35-83(111)112)47-98(80(108)33-22-57-13-6-4-7-14-57)51-74(103)94-63(27-36-84(113)114)48-99(82(110)37-40-121-54-59-19-24-61(25-20-59)87(116)92-56(3)46-97(50-76(105)95-64)79(107)18-12-38-89)53-77(106)96-71(86(90)115)17-10-11-39-91-78(120)43-60-21-30-67(70(42-60)88(117)118)85-68-31-28-65(101)44-72(68)119-73-45-66(102)29-32-69(73)85/h4-9,13-16,19-21,24-25,28-32,42,44-45,55-56,62-64,71,101H,10-12,17-18,22-23,26-27,33-41,43,46-54,89H2,1-3H3,(H2,90,115)(H,91,120)(H,92,116)(H,93,104)(H,94,103)(H,95,105)(H,96,106)(H,111,112)(H,113,114)(H,117,118)/t56-,62-,63-,64-,71-/m0/s1. The van der Waals surface area contributed by atoms with Crippen molar-refractivity contribution in [2.45, 2.75) is 159 Å². The number of amides is 10.